The number of hydrogen-bond acceptors (Lipinski definition) is 5. The molecular formula is C17H14ClNO4S2. The first-order valence-electron chi connectivity index (χ1n) is 7.25. The van der Waals surface area contributed by atoms with Crippen molar-refractivity contribution in [2.24, 2.45) is 0 Å². The summed E-state index contributed by atoms with van der Waals surface area (Å²) in [5.41, 5.74) is 0.322. The van der Waals surface area contributed by atoms with Crippen LogP contribution in [-0.4, -0.2) is 20.6 Å². The summed E-state index contributed by atoms with van der Waals surface area (Å²) >= 11 is 7.79. The van der Waals surface area contributed by atoms with E-state index >= 15 is 0 Å². The molecule has 0 saturated heterocycles. The van der Waals surface area contributed by atoms with Crippen LogP contribution in [-0.2, 0) is 21.4 Å². The van der Waals surface area contributed by atoms with Crippen LogP contribution in [0.15, 0.2) is 48.5 Å². The predicted molar refractivity (Wildman–Crippen MR) is 101 cm³/mol. The first kappa shape index (κ1) is 17.7. The molecule has 2 aromatic carbocycles. The molecule has 0 spiro atoms. The number of fused-ring (bicyclic) bond motifs is 1. The number of esters is 1. The van der Waals surface area contributed by atoms with Gasteiger partial charge in [-0.15, -0.1) is 11.3 Å². The Bertz CT molecular complexity index is 1040. The third-order valence-corrected chi connectivity index (χ3v) is 5.66. The van der Waals surface area contributed by atoms with Crippen LogP contribution in [0.1, 0.15) is 15.2 Å². The third-order valence-electron chi connectivity index (χ3n) is 3.38. The van der Waals surface area contributed by atoms with E-state index in [0.717, 1.165) is 21.2 Å². The van der Waals surface area contributed by atoms with Gasteiger partial charge in [0.15, 0.2) is 0 Å². The van der Waals surface area contributed by atoms with E-state index in [1.165, 1.54) is 23.5 Å². The van der Waals surface area contributed by atoms with Crippen molar-refractivity contribution in [3.63, 3.8) is 0 Å². The lowest BCUT2D eigenvalue weighted by atomic mass is 10.2. The quantitative estimate of drug-likeness (QED) is 0.654. The summed E-state index contributed by atoms with van der Waals surface area (Å²) in [7, 11) is -3.50. The number of rotatable bonds is 5. The molecule has 8 heteroatoms. The van der Waals surface area contributed by atoms with Gasteiger partial charge in [-0.3, -0.25) is 4.72 Å². The second kappa shape index (κ2) is 7.03. The van der Waals surface area contributed by atoms with Crippen molar-refractivity contribution in [2.75, 3.05) is 11.0 Å². The Morgan fingerprint density at radius 1 is 1.16 bits per heavy atom. The van der Waals surface area contributed by atoms with Gasteiger partial charge in [-0.25, -0.2) is 13.2 Å². The zero-order valence-electron chi connectivity index (χ0n) is 13.2. The summed E-state index contributed by atoms with van der Waals surface area (Å²) in [5.74, 6) is -0.625. The smallest absolute Gasteiger partial charge is 0.340 e. The number of anilines is 1. The Balaban J connectivity index is 1.80. The van der Waals surface area contributed by atoms with E-state index in [4.69, 9.17) is 16.3 Å². The van der Waals surface area contributed by atoms with Gasteiger partial charge in [0.05, 0.1) is 27.4 Å². The SMILES string of the molecule is CS(=O)(=O)Nc1ccccc1C(=O)OCc1sc2ccccc2c1Cl. The maximum atomic E-state index is 12.4. The number of halogens is 1. The van der Waals surface area contributed by atoms with E-state index in [1.54, 1.807) is 12.1 Å². The Morgan fingerprint density at radius 2 is 1.84 bits per heavy atom. The van der Waals surface area contributed by atoms with Crippen molar-refractivity contribution >= 4 is 54.7 Å². The number of carbonyl (C=O) groups excluding carboxylic acids is 1. The van der Waals surface area contributed by atoms with Crippen LogP contribution in [0.5, 0.6) is 0 Å². The predicted octanol–water partition coefficient (Wildman–Crippen LogP) is 4.28. The molecule has 0 fully saturated rings. The summed E-state index contributed by atoms with van der Waals surface area (Å²) in [6.07, 6.45) is 1.02. The van der Waals surface area contributed by atoms with Crippen LogP contribution in [0.4, 0.5) is 5.69 Å². The van der Waals surface area contributed by atoms with Crippen LogP contribution in [0.25, 0.3) is 10.1 Å². The fraction of sp³-hybridized carbons (Fsp3) is 0.118. The maximum Gasteiger partial charge on any atom is 0.340 e. The fourth-order valence-electron chi connectivity index (χ4n) is 2.32. The first-order chi connectivity index (χ1) is 11.8. The Kier molecular flexibility index (Phi) is 4.99. The van der Waals surface area contributed by atoms with E-state index in [1.807, 2.05) is 24.3 Å². The molecule has 0 unspecified atom stereocenters. The van der Waals surface area contributed by atoms with Crippen molar-refractivity contribution in [1.29, 1.82) is 0 Å². The van der Waals surface area contributed by atoms with Gasteiger partial charge >= 0.3 is 5.97 Å². The van der Waals surface area contributed by atoms with E-state index in [0.29, 0.717) is 5.02 Å². The number of thiophene rings is 1. The molecule has 1 heterocycles. The van der Waals surface area contributed by atoms with E-state index in [2.05, 4.69) is 4.72 Å². The molecule has 1 aromatic heterocycles. The minimum atomic E-state index is -3.50. The monoisotopic (exact) mass is 395 g/mol. The van der Waals surface area contributed by atoms with Gasteiger partial charge < -0.3 is 4.74 Å². The summed E-state index contributed by atoms with van der Waals surface area (Å²) in [5, 5.41) is 1.48. The summed E-state index contributed by atoms with van der Waals surface area (Å²) in [6.45, 7) is 0.0181. The Hall–Kier alpha value is -2.09. The second-order valence-corrected chi connectivity index (χ2v) is 8.59. The standard InChI is InChI=1S/C17H14ClNO4S2/c1-25(21,22)19-13-8-4-2-6-11(13)17(20)23-10-15-16(18)12-7-3-5-9-14(12)24-15/h2-9,19H,10H2,1H3. The van der Waals surface area contributed by atoms with Gasteiger partial charge in [-0.2, -0.15) is 0 Å². The molecule has 0 aliphatic rings. The lowest BCUT2D eigenvalue weighted by Crippen LogP contribution is -2.14. The highest BCUT2D eigenvalue weighted by atomic mass is 35.5. The molecule has 0 aliphatic carbocycles. The lowest BCUT2D eigenvalue weighted by Gasteiger charge is -2.10. The molecule has 1 N–H and O–H groups in total. The van der Waals surface area contributed by atoms with Crippen molar-refractivity contribution in [1.82, 2.24) is 0 Å². The van der Waals surface area contributed by atoms with Gasteiger partial charge in [0, 0.05) is 10.1 Å². The van der Waals surface area contributed by atoms with Crippen LogP contribution >= 0.6 is 22.9 Å². The zero-order chi connectivity index (χ0) is 18.0. The number of carbonyl (C=O) groups is 1. The molecule has 0 aliphatic heterocycles. The normalized spacial score (nSPS) is 11.4. The third kappa shape index (κ3) is 4.12. The highest BCUT2D eigenvalue weighted by Crippen LogP contribution is 2.35. The highest BCUT2D eigenvalue weighted by molar-refractivity contribution is 7.92. The van der Waals surface area contributed by atoms with Gasteiger partial charge in [-0.05, 0) is 18.2 Å². The number of sulfonamides is 1. The van der Waals surface area contributed by atoms with Crippen LogP contribution in [0, 0.1) is 0 Å². The molecule has 3 aromatic rings. The van der Waals surface area contributed by atoms with Gasteiger partial charge in [0.1, 0.15) is 6.61 Å². The number of ether oxygens (including phenoxy) is 1. The van der Waals surface area contributed by atoms with Crippen molar-refractivity contribution in [2.45, 2.75) is 6.61 Å². The summed E-state index contributed by atoms with van der Waals surface area (Å²) < 4.78 is 31.5. The molecule has 0 amide bonds. The zero-order valence-corrected chi connectivity index (χ0v) is 15.5. The minimum absolute atomic E-state index is 0.0181. The average Bonchev–Trinajstić information content (AvgIpc) is 2.88. The van der Waals surface area contributed by atoms with E-state index < -0.39 is 16.0 Å². The maximum absolute atomic E-state index is 12.4. The van der Waals surface area contributed by atoms with Gasteiger partial charge in [-0.1, -0.05) is 41.9 Å². The minimum Gasteiger partial charge on any atom is -0.456 e. The molecule has 5 nitrogen and oxygen atoms in total. The lowest BCUT2D eigenvalue weighted by molar-refractivity contribution is 0.0478. The molecular weight excluding hydrogens is 382 g/mol. The Labute approximate surface area is 154 Å². The molecule has 0 atom stereocenters. The molecule has 25 heavy (non-hydrogen) atoms. The second-order valence-electron chi connectivity index (χ2n) is 5.33. The topological polar surface area (TPSA) is 72.5 Å². The highest BCUT2D eigenvalue weighted by Gasteiger charge is 2.17. The number of benzene rings is 2. The number of nitrogens with one attached hydrogen (secondary N) is 1. The molecule has 0 radical (unpaired) electrons. The average molecular weight is 396 g/mol. The summed E-state index contributed by atoms with van der Waals surface area (Å²) in [6, 6.07) is 13.9. The Morgan fingerprint density at radius 3 is 2.56 bits per heavy atom. The summed E-state index contributed by atoms with van der Waals surface area (Å²) in [4.78, 5) is 13.1. The van der Waals surface area contributed by atoms with Crippen molar-refractivity contribution in [3.05, 3.63) is 64.0 Å². The van der Waals surface area contributed by atoms with E-state index in [9.17, 15) is 13.2 Å². The van der Waals surface area contributed by atoms with Crippen LogP contribution in [0.2, 0.25) is 5.02 Å². The number of para-hydroxylation sites is 1. The first-order valence-corrected chi connectivity index (χ1v) is 10.3. The molecule has 3 rings (SSSR count). The molecule has 0 saturated carbocycles. The van der Waals surface area contributed by atoms with Crippen LogP contribution < -0.4 is 4.72 Å². The van der Waals surface area contributed by atoms with Crippen molar-refractivity contribution < 1.29 is 17.9 Å². The van der Waals surface area contributed by atoms with Crippen molar-refractivity contribution in [3.8, 4) is 0 Å². The molecule has 130 valence electrons. The van der Waals surface area contributed by atoms with Gasteiger partial charge in [0.25, 0.3) is 0 Å². The molecule has 0 bridgehead atoms. The van der Waals surface area contributed by atoms with Crippen LogP contribution in [0.3, 0.4) is 0 Å². The van der Waals surface area contributed by atoms with Gasteiger partial charge in [0.2, 0.25) is 10.0 Å². The fourth-order valence-corrected chi connectivity index (χ4v) is 4.29. The van der Waals surface area contributed by atoms with E-state index in [-0.39, 0.29) is 17.9 Å². The largest absolute Gasteiger partial charge is 0.456 e. The number of hydrogen-bond donors (Lipinski definition) is 1.